The molecular formula is C17H22F3NO5S. The number of benzene rings is 1. The molecule has 1 fully saturated rings. The average Bonchev–Trinajstić information content (AvgIpc) is 3.41. The minimum absolute atomic E-state index is 0.0227. The summed E-state index contributed by atoms with van der Waals surface area (Å²) in [4.78, 5) is 10.9. The van der Waals surface area contributed by atoms with E-state index in [2.05, 4.69) is 4.74 Å². The fourth-order valence-electron chi connectivity index (χ4n) is 2.56. The van der Waals surface area contributed by atoms with E-state index in [1.165, 1.54) is 20.2 Å². The van der Waals surface area contributed by atoms with Gasteiger partial charge in [0.05, 0.1) is 30.3 Å². The van der Waals surface area contributed by atoms with Crippen molar-refractivity contribution in [1.82, 2.24) is 4.31 Å². The highest BCUT2D eigenvalue weighted by molar-refractivity contribution is 7.89. The van der Waals surface area contributed by atoms with Gasteiger partial charge in [-0.15, -0.1) is 0 Å². The van der Waals surface area contributed by atoms with Gasteiger partial charge in [0.1, 0.15) is 0 Å². The summed E-state index contributed by atoms with van der Waals surface area (Å²) in [6.07, 6.45) is -4.66. The highest BCUT2D eigenvalue weighted by Crippen LogP contribution is 2.35. The number of carbonyl (C=O) groups excluding carboxylic acids is 1. The Morgan fingerprint density at radius 2 is 2.00 bits per heavy atom. The second-order valence-electron chi connectivity index (χ2n) is 6.55. The molecule has 2 atom stereocenters. The Kier molecular flexibility index (Phi) is 6.54. The normalized spacial score (nSPS) is 18.4. The van der Waals surface area contributed by atoms with Crippen molar-refractivity contribution in [3.8, 4) is 0 Å². The van der Waals surface area contributed by atoms with Crippen LogP contribution < -0.4 is 0 Å². The van der Waals surface area contributed by atoms with Gasteiger partial charge in [-0.3, -0.25) is 4.79 Å². The quantitative estimate of drug-likeness (QED) is 0.488. The lowest BCUT2D eigenvalue weighted by Crippen LogP contribution is -2.31. The molecule has 0 radical (unpaired) electrons. The average molecular weight is 409 g/mol. The molecule has 27 heavy (non-hydrogen) atoms. The van der Waals surface area contributed by atoms with E-state index in [1.807, 2.05) is 0 Å². The Morgan fingerprint density at radius 1 is 1.37 bits per heavy atom. The number of halogens is 3. The Morgan fingerprint density at radius 3 is 2.52 bits per heavy atom. The number of hydrogen-bond donors (Lipinski definition) is 0. The topological polar surface area (TPSA) is 76.2 Å². The number of sulfonamides is 1. The van der Waals surface area contributed by atoms with Crippen LogP contribution in [0.5, 0.6) is 0 Å². The highest BCUT2D eigenvalue weighted by Gasteiger charge is 2.35. The van der Waals surface area contributed by atoms with Crippen LogP contribution in [0, 0.1) is 0 Å². The lowest BCUT2D eigenvalue weighted by atomic mass is 9.94. The number of esters is 1. The minimum atomic E-state index is -4.69. The van der Waals surface area contributed by atoms with Crippen LogP contribution in [-0.2, 0) is 30.5 Å². The number of hydrogen-bond acceptors (Lipinski definition) is 5. The number of alkyl halides is 3. The number of methoxy groups -OCH3 is 1. The van der Waals surface area contributed by atoms with E-state index < -0.39 is 38.5 Å². The van der Waals surface area contributed by atoms with Gasteiger partial charge in [-0.1, -0.05) is 6.92 Å². The molecule has 0 amide bonds. The number of likely N-dealkylation sites (N-methyl/N-ethyl adjacent to an activating group) is 1. The molecule has 0 aromatic heterocycles. The number of rotatable bonds is 8. The fraction of sp³-hybridized carbons (Fsp3) is 0.588. The van der Waals surface area contributed by atoms with Crippen LogP contribution in [0.4, 0.5) is 13.2 Å². The number of nitrogens with zero attached hydrogens (tertiary/aromatic N) is 1. The molecule has 1 aromatic carbocycles. The zero-order chi connectivity index (χ0) is 20.4. The third kappa shape index (κ3) is 5.66. The zero-order valence-electron chi connectivity index (χ0n) is 15.2. The molecule has 1 heterocycles. The van der Waals surface area contributed by atoms with Crippen LogP contribution in [-0.4, -0.2) is 52.1 Å². The minimum Gasteiger partial charge on any atom is -0.469 e. The van der Waals surface area contributed by atoms with E-state index in [9.17, 15) is 26.4 Å². The standard InChI is InChI=1S/C17H22F3NO5S/c1-11(4-5-16(22)25-3)12-6-13(17(18,19)20)8-15(7-12)27(23,24)21(2)9-14-10-26-14/h6-8,11,14H,4-5,9-10H2,1-3H3. The van der Waals surface area contributed by atoms with Gasteiger partial charge in [0.2, 0.25) is 10.0 Å². The molecule has 1 saturated heterocycles. The smallest absolute Gasteiger partial charge is 0.416 e. The molecule has 2 unspecified atom stereocenters. The van der Waals surface area contributed by atoms with Gasteiger partial charge >= 0.3 is 12.1 Å². The lowest BCUT2D eigenvalue weighted by Gasteiger charge is -2.20. The van der Waals surface area contributed by atoms with Crippen molar-refractivity contribution in [3.63, 3.8) is 0 Å². The van der Waals surface area contributed by atoms with Crippen LogP contribution in [0.25, 0.3) is 0 Å². The van der Waals surface area contributed by atoms with Crippen LogP contribution in [0.3, 0.4) is 0 Å². The summed E-state index contributed by atoms with van der Waals surface area (Å²) in [6, 6.07) is 2.79. The predicted molar refractivity (Wildman–Crippen MR) is 90.7 cm³/mol. The molecular weight excluding hydrogens is 387 g/mol. The van der Waals surface area contributed by atoms with Crippen molar-refractivity contribution >= 4 is 16.0 Å². The fourth-order valence-corrected chi connectivity index (χ4v) is 3.84. The van der Waals surface area contributed by atoms with Crippen molar-refractivity contribution in [2.24, 2.45) is 0 Å². The van der Waals surface area contributed by atoms with E-state index in [4.69, 9.17) is 4.74 Å². The van der Waals surface area contributed by atoms with Gasteiger partial charge in [-0.25, -0.2) is 8.42 Å². The molecule has 2 rings (SSSR count). The molecule has 10 heteroatoms. The van der Waals surface area contributed by atoms with Crippen LogP contribution in [0.15, 0.2) is 23.1 Å². The maximum absolute atomic E-state index is 13.3. The van der Waals surface area contributed by atoms with Gasteiger partial charge in [0.15, 0.2) is 0 Å². The summed E-state index contributed by atoms with van der Waals surface area (Å²) in [7, 11) is -1.58. The van der Waals surface area contributed by atoms with Crippen molar-refractivity contribution < 1.29 is 35.9 Å². The molecule has 6 nitrogen and oxygen atoms in total. The van der Waals surface area contributed by atoms with E-state index in [1.54, 1.807) is 6.92 Å². The first-order valence-corrected chi connectivity index (χ1v) is 9.76. The summed E-state index contributed by atoms with van der Waals surface area (Å²) < 4.78 is 75.7. The third-order valence-electron chi connectivity index (χ3n) is 4.41. The maximum Gasteiger partial charge on any atom is 0.416 e. The van der Waals surface area contributed by atoms with E-state index in [-0.39, 0.29) is 31.1 Å². The molecule has 0 aliphatic carbocycles. The summed E-state index contributed by atoms with van der Waals surface area (Å²) >= 11 is 0. The van der Waals surface area contributed by atoms with Gasteiger partial charge in [-0.2, -0.15) is 17.5 Å². The lowest BCUT2D eigenvalue weighted by molar-refractivity contribution is -0.141. The molecule has 1 aliphatic heterocycles. The molecule has 0 spiro atoms. The van der Waals surface area contributed by atoms with Crippen molar-refractivity contribution in [2.45, 2.75) is 42.9 Å². The van der Waals surface area contributed by atoms with Gasteiger partial charge in [-0.05, 0) is 36.1 Å². The molecule has 0 saturated carbocycles. The van der Waals surface area contributed by atoms with E-state index in [0.717, 1.165) is 10.4 Å². The molecule has 0 N–H and O–H groups in total. The van der Waals surface area contributed by atoms with E-state index >= 15 is 0 Å². The summed E-state index contributed by atoms with van der Waals surface area (Å²) in [5, 5.41) is 0. The molecule has 0 bridgehead atoms. The Balaban J connectivity index is 2.37. The largest absolute Gasteiger partial charge is 0.469 e. The maximum atomic E-state index is 13.3. The number of carbonyl (C=O) groups is 1. The third-order valence-corrected chi connectivity index (χ3v) is 6.21. The second-order valence-corrected chi connectivity index (χ2v) is 8.59. The molecule has 1 aromatic rings. The van der Waals surface area contributed by atoms with Crippen LogP contribution >= 0.6 is 0 Å². The van der Waals surface area contributed by atoms with E-state index in [0.29, 0.717) is 12.7 Å². The Bertz CT molecular complexity index is 790. The van der Waals surface area contributed by atoms with Crippen molar-refractivity contribution in [1.29, 1.82) is 0 Å². The Hall–Kier alpha value is -1.65. The zero-order valence-corrected chi connectivity index (χ0v) is 16.1. The Labute approximate surface area is 156 Å². The van der Waals surface area contributed by atoms with Crippen molar-refractivity contribution in [3.05, 3.63) is 29.3 Å². The number of ether oxygens (including phenoxy) is 2. The first kappa shape index (κ1) is 21.6. The van der Waals surface area contributed by atoms with Crippen molar-refractivity contribution in [2.75, 3.05) is 27.3 Å². The summed E-state index contributed by atoms with van der Waals surface area (Å²) in [5.74, 6) is -0.941. The number of epoxide rings is 1. The van der Waals surface area contributed by atoms with Gasteiger partial charge < -0.3 is 9.47 Å². The van der Waals surface area contributed by atoms with Gasteiger partial charge in [0.25, 0.3) is 0 Å². The molecule has 152 valence electrons. The molecule has 1 aliphatic rings. The second kappa shape index (κ2) is 8.15. The van der Waals surface area contributed by atoms with Gasteiger partial charge in [0, 0.05) is 20.0 Å². The first-order chi connectivity index (χ1) is 12.4. The predicted octanol–water partition coefficient (Wildman–Crippen LogP) is 2.78. The first-order valence-electron chi connectivity index (χ1n) is 8.32. The van der Waals surface area contributed by atoms with Crippen LogP contribution in [0.2, 0.25) is 0 Å². The highest BCUT2D eigenvalue weighted by atomic mass is 32.2. The SMILES string of the molecule is COC(=O)CCC(C)c1cc(C(F)(F)F)cc(S(=O)(=O)N(C)CC2CO2)c1. The van der Waals surface area contributed by atoms with Crippen LogP contribution in [0.1, 0.15) is 36.8 Å². The summed E-state index contributed by atoms with van der Waals surface area (Å²) in [6.45, 7) is 2.14. The monoisotopic (exact) mass is 409 g/mol. The summed E-state index contributed by atoms with van der Waals surface area (Å²) in [5.41, 5.74) is -0.845.